The van der Waals surface area contributed by atoms with Crippen LogP contribution in [0, 0.1) is 0 Å². The van der Waals surface area contributed by atoms with Gasteiger partial charge >= 0.3 is 5.97 Å². The van der Waals surface area contributed by atoms with Gasteiger partial charge in [-0.15, -0.1) is 0 Å². The van der Waals surface area contributed by atoms with Crippen LogP contribution in [0.3, 0.4) is 0 Å². The Hall–Kier alpha value is -1.14. The molecule has 0 aliphatic carbocycles. The lowest BCUT2D eigenvalue weighted by Gasteiger charge is -2.12. The van der Waals surface area contributed by atoms with Crippen LogP contribution in [-0.4, -0.2) is 41.3 Å². The molecule has 16 heavy (non-hydrogen) atoms. The zero-order chi connectivity index (χ0) is 12.4. The molecule has 0 radical (unpaired) electrons. The lowest BCUT2D eigenvalue weighted by Crippen LogP contribution is -2.41. The molecule has 0 bridgehead atoms. The summed E-state index contributed by atoms with van der Waals surface area (Å²) in [6.45, 7) is 0.342. The summed E-state index contributed by atoms with van der Waals surface area (Å²) in [5, 5.41) is 19.7. The van der Waals surface area contributed by atoms with Gasteiger partial charge in [0.1, 0.15) is 6.04 Å². The normalized spacial score (nSPS) is 12.1. The number of carbonyl (C=O) groups excluding carboxylic acids is 1. The van der Waals surface area contributed by atoms with E-state index in [9.17, 15) is 9.59 Å². The highest BCUT2D eigenvalue weighted by Gasteiger charge is 2.18. The van der Waals surface area contributed by atoms with Crippen LogP contribution >= 0.6 is 0 Å². The molecule has 0 aliphatic rings. The number of nitrogens with one attached hydrogen (secondary N) is 1. The average molecular weight is 232 g/mol. The smallest absolute Gasteiger partial charge is 0.326 e. The Kier molecular flexibility index (Phi) is 8.46. The van der Waals surface area contributed by atoms with E-state index in [0.717, 1.165) is 12.8 Å². The molecule has 5 N–H and O–H groups in total. The lowest BCUT2D eigenvalue weighted by atomic mass is 10.1. The van der Waals surface area contributed by atoms with E-state index in [4.69, 9.17) is 15.9 Å². The van der Waals surface area contributed by atoms with E-state index in [1.54, 1.807) is 0 Å². The summed E-state index contributed by atoms with van der Waals surface area (Å²) >= 11 is 0. The molecule has 1 atom stereocenters. The molecule has 0 spiro atoms. The molecule has 0 aliphatic heterocycles. The van der Waals surface area contributed by atoms with Crippen LogP contribution < -0.4 is 11.1 Å². The third-order valence-corrected chi connectivity index (χ3v) is 2.16. The molecule has 0 unspecified atom stereocenters. The fraction of sp³-hybridized carbons (Fsp3) is 0.800. The predicted octanol–water partition coefficient (Wildman–Crippen LogP) is -0.543. The molecule has 0 fully saturated rings. The molecule has 0 saturated carbocycles. The van der Waals surface area contributed by atoms with Crippen LogP contribution in [0.2, 0.25) is 0 Å². The summed E-state index contributed by atoms with van der Waals surface area (Å²) in [7, 11) is 0. The number of aliphatic carboxylic acids is 1. The summed E-state index contributed by atoms with van der Waals surface area (Å²) < 4.78 is 0. The second kappa shape index (κ2) is 9.11. The fourth-order valence-electron chi connectivity index (χ4n) is 1.26. The van der Waals surface area contributed by atoms with E-state index in [1.807, 2.05) is 0 Å². The summed E-state index contributed by atoms with van der Waals surface area (Å²) in [6, 6.07) is -0.994. The van der Waals surface area contributed by atoms with Crippen LogP contribution in [0.5, 0.6) is 0 Å². The van der Waals surface area contributed by atoms with Crippen molar-refractivity contribution in [1.82, 2.24) is 5.32 Å². The summed E-state index contributed by atoms with van der Waals surface area (Å²) in [4.78, 5) is 22.0. The number of aliphatic hydroxyl groups excluding tert-OH is 1. The van der Waals surface area contributed by atoms with Crippen molar-refractivity contribution in [2.75, 3.05) is 13.2 Å². The van der Waals surface area contributed by atoms with Crippen molar-refractivity contribution in [3.63, 3.8) is 0 Å². The second-order valence-electron chi connectivity index (χ2n) is 3.57. The maximum atomic E-state index is 11.3. The van der Waals surface area contributed by atoms with Gasteiger partial charge in [0.25, 0.3) is 0 Å². The van der Waals surface area contributed by atoms with Crippen molar-refractivity contribution < 1.29 is 19.8 Å². The molecular weight excluding hydrogens is 212 g/mol. The number of amides is 1. The van der Waals surface area contributed by atoms with E-state index in [1.165, 1.54) is 0 Å². The summed E-state index contributed by atoms with van der Waals surface area (Å²) in [5.74, 6) is -1.41. The van der Waals surface area contributed by atoms with E-state index in [-0.39, 0.29) is 18.9 Å². The number of unbranched alkanes of at least 4 members (excludes halogenated alkanes) is 2. The number of carbonyl (C=O) groups is 2. The van der Waals surface area contributed by atoms with Gasteiger partial charge in [-0.25, -0.2) is 4.79 Å². The molecular formula is C10H20N2O4. The molecule has 0 rings (SSSR count). The maximum absolute atomic E-state index is 11.3. The SMILES string of the molecule is NCCCCCC(=O)N[C@H](CCO)C(=O)O. The third-order valence-electron chi connectivity index (χ3n) is 2.16. The Bertz CT molecular complexity index is 221. The van der Waals surface area contributed by atoms with Crippen LogP contribution in [0.4, 0.5) is 0 Å². The molecule has 6 nitrogen and oxygen atoms in total. The van der Waals surface area contributed by atoms with Gasteiger partial charge < -0.3 is 21.3 Å². The van der Waals surface area contributed by atoms with Gasteiger partial charge in [0.15, 0.2) is 0 Å². The van der Waals surface area contributed by atoms with Gasteiger partial charge in [0, 0.05) is 19.4 Å². The predicted molar refractivity (Wildman–Crippen MR) is 58.8 cm³/mol. The standard InChI is InChI=1S/C10H20N2O4/c11-6-3-1-2-4-9(14)12-8(5-7-13)10(15)16/h8,13H,1-7,11H2,(H,12,14)(H,15,16)/t8-/m1/s1. The summed E-state index contributed by atoms with van der Waals surface area (Å²) in [5.41, 5.74) is 5.30. The van der Waals surface area contributed by atoms with E-state index in [0.29, 0.717) is 19.4 Å². The number of aliphatic hydroxyl groups is 1. The van der Waals surface area contributed by atoms with Crippen LogP contribution in [0.25, 0.3) is 0 Å². The van der Waals surface area contributed by atoms with Gasteiger partial charge in [-0.2, -0.15) is 0 Å². The van der Waals surface area contributed by atoms with Crippen LogP contribution in [-0.2, 0) is 9.59 Å². The Labute approximate surface area is 94.8 Å². The highest BCUT2D eigenvalue weighted by molar-refractivity contribution is 5.83. The van der Waals surface area contributed by atoms with Crippen LogP contribution in [0.1, 0.15) is 32.1 Å². The number of carboxylic acid groups (broad SMARTS) is 1. The highest BCUT2D eigenvalue weighted by atomic mass is 16.4. The Balaban J connectivity index is 3.77. The topological polar surface area (TPSA) is 113 Å². The Morgan fingerprint density at radius 2 is 1.94 bits per heavy atom. The van der Waals surface area contributed by atoms with E-state index >= 15 is 0 Å². The van der Waals surface area contributed by atoms with Crippen molar-refractivity contribution in [3.8, 4) is 0 Å². The van der Waals surface area contributed by atoms with Crippen LogP contribution in [0.15, 0.2) is 0 Å². The molecule has 6 heteroatoms. The average Bonchev–Trinajstić information content (AvgIpc) is 2.23. The number of nitrogens with two attached hydrogens (primary N) is 1. The quantitative estimate of drug-likeness (QED) is 0.399. The van der Waals surface area contributed by atoms with Gasteiger partial charge in [-0.1, -0.05) is 6.42 Å². The third kappa shape index (κ3) is 7.19. The number of hydrogen-bond acceptors (Lipinski definition) is 4. The fourth-order valence-corrected chi connectivity index (χ4v) is 1.26. The Morgan fingerprint density at radius 1 is 1.25 bits per heavy atom. The number of rotatable bonds is 9. The first-order chi connectivity index (χ1) is 7.61. The molecule has 0 saturated heterocycles. The molecule has 1 amide bonds. The minimum Gasteiger partial charge on any atom is -0.480 e. The van der Waals surface area contributed by atoms with Crippen molar-refractivity contribution in [2.24, 2.45) is 5.73 Å². The number of carboxylic acids is 1. The van der Waals surface area contributed by atoms with Gasteiger partial charge in [-0.3, -0.25) is 4.79 Å². The zero-order valence-electron chi connectivity index (χ0n) is 9.32. The molecule has 0 aromatic heterocycles. The maximum Gasteiger partial charge on any atom is 0.326 e. The van der Waals surface area contributed by atoms with Crippen molar-refractivity contribution in [2.45, 2.75) is 38.1 Å². The molecule has 0 heterocycles. The minimum absolute atomic E-state index is 0.0316. The molecule has 0 aromatic rings. The van der Waals surface area contributed by atoms with Gasteiger partial charge in [0.2, 0.25) is 5.91 Å². The zero-order valence-corrected chi connectivity index (χ0v) is 9.32. The summed E-state index contributed by atoms with van der Waals surface area (Å²) in [6.07, 6.45) is 2.77. The second-order valence-corrected chi connectivity index (χ2v) is 3.57. The first-order valence-electron chi connectivity index (χ1n) is 5.45. The van der Waals surface area contributed by atoms with E-state index < -0.39 is 12.0 Å². The van der Waals surface area contributed by atoms with Gasteiger partial charge in [-0.05, 0) is 19.4 Å². The van der Waals surface area contributed by atoms with E-state index in [2.05, 4.69) is 5.32 Å². The monoisotopic (exact) mass is 232 g/mol. The largest absolute Gasteiger partial charge is 0.480 e. The highest BCUT2D eigenvalue weighted by Crippen LogP contribution is 2.00. The molecule has 94 valence electrons. The minimum atomic E-state index is -1.12. The molecule has 0 aromatic carbocycles. The first-order valence-corrected chi connectivity index (χ1v) is 5.45. The number of hydrogen-bond donors (Lipinski definition) is 4. The van der Waals surface area contributed by atoms with Crippen molar-refractivity contribution in [1.29, 1.82) is 0 Å². The Morgan fingerprint density at radius 3 is 2.44 bits per heavy atom. The lowest BCUT2D eigenvalue weighted by molar-refractivity contribution is -0.142. The van der Waals surface area contributed by atoms with Gasteiger partial charge in [0.05, 0.1) is 0 Å². The van der Waals surface area contributed by atoms with Crippen molar-refractivity contribution >= 4 is 11.9 Å². The first kappa shape index (κ1) is 14.9. The van der Waals surface area contributed by atoms with Crippen molar-refractivity contribution in [3.05, 3.63) is 0 Å².